The van der Waals surface area contributed by atoms with Crippen LogP contribution in [0.3, 0.4) is 0 Å². The summed E-state index contributed by atoms with van der Waals surface area (Å²) in [6.45, 7) is 2.14. The molecule has 26 heavy (non-hydrogen) atoms. The molecule has 0 unspecified atom stereocenters. The summed E-state index contributed by atoms with van der Waals surface area (Å²) < 4.78 is 26.1. The van der Waals surface area contributed by atoms with Crippen molar-refractivity contribution < 1.29 is 13.9 Å². The summed E-state index contributed by atoms with van der Waals surface area (Å²) in [6.07, 6.45) is 3.28. The van der Waals surface area contributed by atoms with Crippen LogP contribution < -0.4 is 20.9 Å². The Kier molecular flexibility index (Phi) is 7.05. The highest BCUT2D eigenvalue weighted by Gasteiger charge is 2.18. The molecule has 7 nitrogen and oxygen atoms in total. The number of nitrogens with zero attached hydrogens (tertiary/aromatic N) is 3. The number of hydrogen-bond donors (Lipinski definition) is 2. The Labute approximate surface area is 155 Å². The fourth-order valence-corrected chi connectivity index (χ4v) is 3.38. The Morgan fingerprint density at radius 3 is 2.65 bits per heavy atom. The number of ether oxygens (including phenoxy) is 2. The molecule has 0 aliphatic heterocycles. The minimum absolute atomic E-state index is 0.0823. The molecular weight excluding hydrogens is 357 g/mol. The number of hydrogen-bond acceptors (Lipinski definition) is 8. The molecular formula is C17H22FN5O2S. The van der Waals surface area contributed by atoms with Crippen LogP contribution in [0.5, 0.6) is 11.5 Å². The van der Waals surface area contributed by atoms with Crippen molar-refractivity contribution in [3.8, 4) is 11.5 Å². The van der Waals surface area contributed by atoms with Gasteiger partial charge in [0, 0.05) is 12.3 Å². The predicted octanol–water partition coefficient (Wildman–Crippen LogP) is 2.92. The number of rotatable bonds is 6. The molecule has 0 saturated carbocycles. The molecule has 0 aliphatic rings. The van der Waals surface area contributed by atoms with E-state index in [-0.39, 0.29) is 18.3 Å². The standard InChI is InChI=1S/C16H17FN4O2S.CH5N/c1-3-4-12-21-14-11(22-2)7-10(13(17)15(14)24-12)23-8-9-5-6-19-16(18)20-9;1-2/h5-7H,3-4,8H2,1-2H3,(H2,18,19,20);2H2,1H3. The van der Waals surface area contributed by atoms with Crippen LogP contribution in [0.4, 0.5) is 10.3 Å². The molecule has 0 spiro atoms. The number of nitrogen functional groups attached to an aromatic ring is 1. The van der Waals surface area contributed by atoms with Gasteiger partial charge in [-0.25, -0.2) is 19.3 Å². The average Bonchev–Trinajstić information content (AvgIpc) is 3.08. The number of halogens is 1. The van der Waals surface area contributed by atoms with E-state index >= 15 is 0 Å². The lowest BCUT2D eigenvalue weighted by Gasteiger charge is -2.09. The molecule has 3 aromatic rings. The van der Waals surface area contributed by atoms with Crippen molar-refractivity contribution in [3.05, 3.63) is 34.8 Å². The van der Waals surface area contributed by atoms with E-state index in [1.165, 1.54) is 37.8 Å². The SMILES string of the molecule is CCCc1nc2c(OC)cc(OCc3ccnc(N)n3)c(F)c2s1.CN. The highest BCUT2D eigenvalue weighted by Crippen LogP contribution is 2.38. The largest absolute Gasteiger partial charge is 0.494 e. The molecule has 9 heteroatoms. The van der Waals surface area contributed by atoms with Gasteiger partial charge < -0.3 is 20.9 Å². The third kappa shape index (κ3) is 4.36. The lowest BCUT2D eigenvalue weighted by Crippen LogP contribution is -2.03. The summed E-state index contributed by atoms with van der Waals surface area (Å²) in [7, 11) is 3.03. The van der Waals surface area contributed by atoms with E-state index in [2.05, 4.69) is 27.6 Å². The second kappa shape index (κ2) is 9.25. The molecule has 2 heterocycles. The van der Waals surface area contributed by atoms with Crippen molar-refractivity contribution in [1.29, 1.82) is 0 Å². The van der Waals surface area contributed by atoms with E-state index in [0.717, 1.165) is 17.8 Å². The fourth-order valence-electron chi connectivity index (χ4n) is 2.27. The second-order valence-corrected chi connectivity index (χ2v) is 6.20. The number of methoxy groups -OCH3 is 1. The second-order valence-electron chi connectivity index (χ2n) is 5.12. The van der Waals surface area contributed by atoms with Crippen molar-refractivity contribution in [2.75, 3.05) is 19.9 Å². The van der Waals surface area contributed by atoms with E-state index in [4.69, 9.17) is 15.2 Å². The molecule has 4 N–H and O–H groups in total. The maximum Gasteiger partial charge on any atom is 0.220 e. The van der Waals surface area contributed by atoms with Crippen LogP contribution in [0.15, 0.2) is 18.3 Å². The maximum atomic E-state index is 14.8. The predicted molar refractivity (Wildman–Crippen MR) is 101 cm³/mol. The lowest BCUT2D eigenvalue weighted by molar-refractivity contribution is 0.285. The monoisotopic (exact) mass is 379 g/mol. The molecule has 0 radical (unpaired) electrons. The number of aryl methyl sites for hydroxylation is 1. The Morgan fingerprint density at radius 1 is 1.23 bits per heavy atom. The van der Waals surface area contributed by atoms with Crippen molar-refractivity contribution in [1.82, 2.24) is 15.0 Å². The minimum atomic E-state index is -0.437. The normalized spacial score (nSPS) is 10.3. The van der Waals surface area contributed by atoms with Crippen LogP contribution in [-0.4, -0.2) is 29.1 Å². The van der Waals surface area contributed by atoms with Gasteiger partial charge >= 0.3 is 0 Å². The first-order valence-electron chi connectivity index (χ1n) is 8.06. The lowest BCUT2D eigenvalue weighted by atomic mass is 10.2. The summed E-state index contributed by atoms with van der Waals surface area (Å²) in [5.74, 6) is 0.300. The Morgan fingerprint density at radius 2 is 2.00 bits per heavy atom. The van der Waals surface area contributed by atoms with Crippen molar-refractivity contribution in [3.63, 3.8) is 0 Å². The van der Waals surface area contributed by atoms with Crippen LogP contribution in [-0.2, 0) is 13.0 Å². The molecule has 0 saturated heterocycles. The molecule has 0 aliphatic carbocycles. The quantitative estimate of drug-likeness (QED) is 0.677. The van der Waals surface area contributed by atoms with Gasteiger partial charge in [0.2, 0.25) is 5.95 Å². The number of fused-ring (bicyclic) bond motifs is 1. The van der Waals surface area contributed by atoms with Crippen molar-refractivity contribution in [2.45, 2.75) is 26.4 Å². The molecule has 140 valence electrons. The molecule has 0 bridgehead atoms. The Hall–Kier alpha value is -2.52. The van der Waals surface area contributed by atoms with E-state index in [0.29, 0.717) is 21.7 Å². The van der Waals surface area contributed by atoms with Gasteiger partial charge in [-0.2, -0.15) is 0 Å². The number of benzene rings is 1. The molecule has 3 rings (SSSR count). The van der Waals surface area contributed by atoms with Gasteiger partial charge in [-0.05, 0) is 26.0 Å². The van der Waals surface area contributed by atoms with E-state index < -0.39 is 5.82 Å². The van der Waals surface area contributed by atoms with Crippen LogP contribution >= 0.6 is 11.3 Å². The molecule has 0 atom stereocenters. The maximum absolute atomic E-state index is 14.8. The average molecular weight is 379 g/mol. The van der Waals surface area contributed by atoms with E-state index in [9.17, 15) is 4.39 Å². The van der Waals surface area contributed by atoms with Gasteiger partial charge in [0.1, 0.15) is 17.9 Å². The summed E-state index contributed by atoms with van der Waals surface area (Å²) in [5, 5.41) is 0.880. The molecule has 0 fully saturated rings. The van der Waals surface area contributed by atoms with Gasteiger partial charge in [0.25, 0.3) is 0 Å². The van der Waals surface area contributed by atoms with Crippen molar-refractivity contribution in [2.24, 2.45) is 5.73 Å². The van der Waals surface area contributed by atoms with Crippen LogP contribution in [0, 0.1) is 5.82 Å². The zero-order valence-electron chi connectivity index (χ0n) is 15.0. The smallest absolute Gasteiger partial charge is 0.220 e. The fraction of sp³-hybridized carbons (Fsp3) is 0.353. The van der Waals surface area contributed by atoms with Crippen LogP contribution in [0.2, 0.25) is 0 Å². The van der Waals surface area contributed by atoms with Crippen molar-refractivity contribution >= 4 is 27.5 Å². The van der Waals surface area contributed by atoms with E-state index in [1.807, 2.05) is 0 Å². The number of nitrogens with two attached hydrogens (primary N) is 2. The Bertz CT molecular complexity index is 872. The molecule has 2 aromatic heterocycles. The topological polar surface area (TPSA) is 109 Å². The summed E-state index contributed by atoms with van der Waals surface area (Å²) in [4.78, 5) is 12.3. The van der Waals surface area contributed by atoms with Gasteiger partial charge in [-0.3, -0.25) is 0 Å². The number of thiazole rings is 1. The first-order valence-corrected chi connectivity index (χ1v) is 8.87. The molecule has 0 amide bonds. The highest BCUT2D eigenvalue weighted by atomic mass is 32.1. The van der Waals surface area contributed by atoms with Gasteiger partial charge in [0.05, 0.1) is 22.5 Å². The number of aromatic nitrogens is 3. The third-order valence-electron chi connectivity index (χ3n) is 3.37. The van der Waals surface area contributed by atoms with Gasteiger partial charge in [0.15, 0.2) is 11.6 Å². The summed E-state index contributed by atoms with van der Waals surface area (Å²) in [6, 6.07) is 3.17. The zero-order valence-corrected chi connectivity index (χ0v) is 15.8. The first-order chi connectivity index (χ1) is 12.6. The summed E-state index contributed by atoms with van der Waals surface area (Å²) in [5.41, 5.74) is 11.1. The van der Waals surface area contributed by atoms with Crippen LogP contribution in [0.25, 0.3) is 10.2 Å². The number of anilines is 1. The zero-order chi connectivity index (χ0) is 19.1. The van der Waals surface area contributed by atoms with Gasteiger partial charge in [-0.1, -0.05) is 6.92 Å². The first kappa shape index (κ1) is 19.8. The highest BCUT2D eigenvalue weighted by molar-refractivity contribution is 7.18. The minimum Gasteiger partial charge on any atom is -0.494 e. The van der Waals surface area contributed by atoms with E-state index in [1.54, 1.807) is 6.07 Å². The third-order valence-corrected chi connectivity index (χ3v) is 4.48. The van der Waals surface area contributed by atoms with Gasteiger partial charge in [-0.15, -0.1) is 11.3 Å². The summed E-state index contributed by atoms with van der Waals surface area (Å²) >= 11 is 1.32. The molecule has 1 aromatic carbocycles. The Balaban J connectivity index is 0.00000117. The van der Waals surface area contributed by atoms with Crippen LogP contribution in [0.1, 0.15) is 24.0 Å².